The Hall–Kier alpha value is -2.77. The molecule has 2 atom stereocenters. The summed E-state index contributed by atoms with van der Waals surface area (Å²) in [5.74, 6) is -3.01. The lowest BCUT2D eigenvalue weighted by molar-refractivity contribution is -0.140. The van der Waals surface area contributed by atoms with Gasteiger partial charge in [-0.05, 0) is 5.41 Å². The molecule has 2 unspecified atom stereocenters. The molecule has 25 heavy (non-hydrogen) atoms. The summed E-state index contributed by atoms with van der Waals surface area (Å²) < 4.78 is 15.1. The molecule has 1 amide bonds. The van der Waals surface area contributed by atoms with Crippen LogP contribution in [0.15, 0.2) is 12.1 Å². The largest absolute Gasteiger partial charge is 0.493 e. The van der Waals surface area contributed by atoms with Crippen molar-refractivity contribution in [1.82, 2.24) is 0 Å². The molecule has 0 spiro atoms. The maximum absolute atomic E-state index is 12.5. The lowest BCUT2D eigenvalue weighted by Crippen LogP contribution is -2.20. The zero-order valence-electron chi connectivity index (χ0n) is 14.7. The molecule has 1 aliphatic carbocycles. The van der Waals surface area contributed by atoms with Crippen LogP contribution in [0, 0.1) is 17.3 Å². The SMILES string of the molecule is COC(=O)c1cc(OC)c(OC)cc1NC(=O)C1C(C(=O)O)C1(C)C. The molecule has 1 saturated carbocycles. The lowest BCUT2D eigenvalue weighted by atomic mass is 10.1. The normalized spacial score (nSPS) is 20.4. The number of nitrogens with one attached hydrogen (secondary N) is 1. The number of aliphatic carboxylic acids is 1. The van der Waals surface area contributed by atoms with E-state index in [0.717, 1.165) is 0 Å². The van der Waals surface area contributed by atoms with Crippen molar-refractivity contribution < 1.29 is 33.7 Å². The molecular formula is C17H21NO7. The van der Waals surface area contributed by atoms with Crippen molar-refractivity contribution in [2.75, 3.05) is 26.6 Å². The Bertz CT molecular complexity index is 726. The number of carbonyl (C=O) groups excluding carboxylic acids is 2. The van der Waals surface area contributed by atoms with Crippen LogP contribution in [0.2, 0.25) is 0 Å². The van der Waals surface area contributed by atoms with Crippen molar-refractivity contribution in [1.29, 1.82) is 0 Å². The van der Waals surface area contributed by atoms with Crippen molar-refractivity contribution in [2.24, 2.45) is 17.3 Å². The predicted octanol–water partition coefficient (Wildman–Crippen LogP) is 1.79. The first-order valence-corrected chi connectivity index (χ1v) is 7.57. The number of ether oxygens (including phenoxy) is 3. The van der Waals surface area contributed by atoms with Crippen molar-refractivity contribution in [3.05, 3.63) is 17.7 Å². The van der Waals surface area contributed by atoms with E-state index in [9.17, 15) is 19.5 Å². The first kappa shape index (κ1) is 18.6. The quantitative estimate of drug-likeness (QED) is 0.752. The number of benzene rings is 1. The molecule has 0 radical (unpaired) electrons. The van der Waals surface area contributed by atoms with Gasteiger partial charge in [-0.2, -0.15) is 0 Å². The third-order valence-corrected chi connectivity index (χ3v) is 4.56. The summed E-state index contributed by atoms with van der Waals surface area (Å²) in [6, 6.07) is 2.83. The second-order valence-corrected chi connectivity index (χ2v) is 6.35. The van der Waals surface area contributed by atoms with Gasteiger partial charge in [0.05, 0.1) is 44.4 Å². The minimum Gasteiger partial charge on any atom is -0.493 e. The van der Waals surface area contributed by atoms with Crippen molar-refractivity contribution in [2.45, 2.75) is 13.8 Å². The van der Waals surface area contributed by atoms with Gasteiger partial charge < -0.3 is 24.6 Å². The van der Waals surface area contributed by atoms with Crippen LogP contribution in [0.1, 0.15) is 24.2 Å². The lowest BCUT2D eigenvalue weighted by Gasteiger charge is -2.15. The number of anilines is 1. The standard InChI is InChI=1S/C17H21NO7/c1-17(2)12(13(17)15(20)21)14(19)18-9-7-11(24-4)10(23-3)6-8(9)16(22)25-5/h6-7,12-13H,1-5H3,(H,18,19)(H,20,21). The molecule has 1 aromatic carbocycles. The third-order valence-electron chi connectivity index (χ3n) is 4.56. The molecular weight excluding hydrogens is 330 g/mol. The number of hydrogen-bond donors (Lipinski definition) is 2. The van der Waals surface area contributed by atoms with E-state index in [1.807, 2.05) is 0 Å². The van der Waals surface area contributed by atoms with E-state index in [0.29, 0.717) is 11.5 Å². The monoisotopic (exact) mass is 351 g/mol. The van der Waals surface area contributed by atoms with Gasteiger partial charge in [-0.25, -0.2) is 4.79 Å². The van der Waals surface area contributed by atoms with E-state index in [1.165, 1.54) is 33.5 Å². The molecule has 2 N–H and O–H groups in total. The number of hydrogen-bond acceptors (Lipinski definition) is 6. The Kier molecular flexibility index (Phi) is 4.92. The summed E-state index contributed by atoms with van der Waals surface area (Å²) in [7, 11) is 4.06. The summed E-state index contributed by atoms with van der Waals surface area (Å²) in [6.07, 6.45) is 0. The third kappa shape index (κ3) is 3.24. The fourth-order valence-corrected chi connectivity index (χ4v) is 3.06. The van der Waals surface area contributed by atoms with Crippen molar-refractivity contribution >= 4 is 23.5 Å². The first-order chi connectivity index (χ1) is 11.7. The van der Waals surface area contributed by atoms with Crippen LogP contribution in [0.5, 0.6) is 11.5 Å². The fourth-order valence-electron chi connectivity index (χ4n) is 3.06. The van der Waals surface area contributed by atoms with Gasteiger partial charge in [0.15, 0.2) is 11.5 Å². The highest BCUT2D eigenvalue weighted by molar-refractivity contribution is 6.05. The second kappa shape index (κ2) is 6.62. The highest BCUT2D eigenvalue weighted by Crippen LogP contribution is 2.58. The number of methoxy groups -OCH3 is 3. The molecule has 8 nitrogen and oxygen atoms in total. The van der Waals surface area contributed by atoms with Crippen LogP contribution in [-0.4, -0.2) is 44.3 Å². The maximum Gasteiger partial charge on any atom is 0.340 e. The Labute approximate surface area is 145 Å². The van der Waals surface area contributed by atoms with Crippen molar-refractivity contribution in [3.63, 3.8) is 0 Å². The number of amides is 1. The predicted molar refractivity (Wildman–Crippen MR) is 87.9 cm³/mol. The van der Waals surface area contributed by atoms with Crippen LogP contribution in [0.25, 0.3) is 0 Å². The van der Waals surface area contributed by atoms with E-state index in [-0.39, 0.29) is 11.3 Å². The Morgan fingerprint density at radius 1 is 1.04 bits per heavy atom. The highest BCUT2D eigenvalue weighted by Gasteiger charge is 2.65. The van der Waals surface area contributed by atoms with Gasteiger partial charge in [-0.1, -0.05) is 13.8 Å². The van der Waals surface area contributed by atoms with Crippen LogP contribution < -0.4 is 14.8 Å². The topological polar surface area (TPSA) is 111 Å². The number of carboxylic acids is 1. The van der Waals surface area contributed by atoms with E-state index in [1.54, 1.807) is 13.8 Å². The van der Waals surface area contributed by atoms with Crippen LogP contribution in [0.4, 0.5) is 5.69 Å². The smallest absolute Gasteiger partial charge is 0.340 e. The first-order valence-electron chi connectivity index (χ1n) is 7.57. The van der Waals surface area contributed by atoms with E-state index in [4.69, 9.17) is 14.2 Å². The van der Waals surface area contributed by atoms with Crippen molar-refractivity contribution in [3.8, 4) is 11.5 Å². The fraction of sp³-hybridized carbons (Fsp3) is 0.471. The summed E-state index contributed by atoms with van der Waals surface area (Å²) in [6.45, 7) is 3.43. The van der Waals surface area contributed by atoms with Gasteiger partial charge in [0.2, 0.25) is 5.91 Å². The Morgan fingerprint density at radius 3 is 2.04 bits per heavy atom. The van der Waals surface area contributed by atoms with Gasteiger partial charge in [-0.15, -0.1) is 0 Å². The van der Waals surface area contributed by atoms with Crippen LogP contribution >= 0.6 is 0 Å². The van der Waals surface area contributed by atoms with E-state index in [2.05, 4.69) is 5.32 Å². The summed E-state index contributed by atoms with van der Waals surface area (Å²) in [5, 5.41) is 11.8. The molecule has 0 saturated heterocycles. The van der Waals surface area contributed by atoms with E-state index < -0.39 is 35.1 Å². The molecule has 1 aromatic rings. The Balaban J connectivity index is 2.36. The Morgan fingerprint density at radius 2 is 1.60 bits per heavy atom. The molecule has 0 aliphatic heterocycles. The average Bonchev–Trinajstić information content (AvgIpc) is 3.16. The molecule has 8 heteroatoms. The van der Waals surface area contributed by atoms with Crippen LogP contribution in [-0.2, 0) is 14.3 Å². The van der Waals surface area contributed by atoms with Crippen LogP contribution in [0.3, 0.4) is 0 Å². The number of esters is 1. The zero-order chi connectivity index (χ0) is 18.9. The van der Waals surface area contributed by atoms with Gasteiger partial charge in [0.1, 0.15) is 0 Å². The molecule has 136 valence electrons. The molecule has 2 rings (SSSR count). The molecule has 0 bridgehead atoms. The molecule has 1 aliphatic rings. The van der Waals surface area contributed by atoms with E-state index >= 15 is 0 Å². The highest BCUT2D eigenvalue weighted by atomic mass is 16.5. The van der Waals surface area contributed by atoms with Gasteiger partial charge in [-0.3, -0.25) is 9.59 Å². The minimum absolute atomic E-state index is 0.0823. The summed E-state index contributed by atoms with van der Waals surface area (Å²) in [4.78, 5) is 35.8. The van der Waals surface area contributed by atoms with Gasteiger partial charge in [0, 0.05) is 12.1 Å². The minimum atomic E-state index is -1.02. The second-order valence-electron chi connectivity index (χ2n) is 6.35. The van der Waals surface area contributed by atoms with Gasteiger partial charge in [0.25, 0.3) is 0 Å². The number of rotatable bonds is 6. The molecule has 0 aromatic heterocycles. The summed E-state index contributed by atoms with van der Waals surface area (Å²) in [5.41, 5.74) is -0.405. The number of carboxylic acid groups (broad SMARTS) is 1. The van der Waals surface area contributed by atoms with Gasteiger partial charge >= 0.3 is 11.9 Å². The zero-order valence-corrected chi connectivity index (χ0v) is 14.7. The molecule has 1 fully saturated rings. The molecule has 0 heterocycles. The maximum atomic E-state index is 12.5. The summed E-state index contributed by atoms with van der Waals surface area (Å²) >= 11 is 0. The average molecular weight is 351 g/mol. The number of carbonyl (C=O) groups is 3.